The van der Waals surface area contributed by atoms with E-state index in [-0.39, 0.29) is 5.41 Å². The fraction of sp³-hybridized carbons (Fsp3) is 0.250. The van der Waals surface area contributed by atoms with Crippen LogP contribution in [0.2, 0.25) is 0 Å². The molecule has 2 rings (SSSR count). The fourth-order valence-electron chi connectivity index (χ4n) is 1.87. The first-order chi connectivity index (χ1) is 6.29. The summed E-state index contributed by atoms with van der Waals surface area (Å²) < 4.78 is 0. The molecule has 13 heavy (non-hydrogen) atoms. The Morgan fingerprint density at radius 1 is 1.31 bits per heavy atom. The number of rotatable bonds is 2. The molecular weight excluding hydrogens is 160 g/mol. The summed E-state index contributed by atoms with van der Waals surface area (Å²) in [7, 11) is 0. The molecule has 0 spiro atoms. The van der Waals surface area contributed by atoms with Crippen LogP contribution < -0.4 is 0 Å². The van der Waals surface area contributed by atoms with E-state index in [1.165, 1.54) is 0 Å². The maximum atomic E-state index is 11.5. The van der Waals surface area contributed by atoms with Crippen molar-refractivity contribution in [1.82, 2.24) is 0 Å². The van der Waals surface area contributed by atoms with E-state index in [0.29, 0.717) is 12.2 Å². The SMILES string of the molecule is C=C[C@@]1(c2ccccc2)CCC1=O. The first-order valence-electron chi connectivity index (χ1n) is 4.52. The fourth-order valence-corrected chi connectivity index (χ4v) is 1.87. The minimum atomic E-state index is -0.360. The zero-order valence-corrected chi connectivity index (χ0v) is 7.49. The molecule has 66 valence electrons. The Morgan fingerprint density at radius 3 is 2.38 bits per heavy atom. The van der Waals surface area contributed by atoms with Gasteiger partial charge in [-0.05, 0) is 12.0 Å². The molecule has 0 saturated heterocycles. The van der Waals surface area contributed by atoms with Crippen LogP contribution in [0.15, 0.2) is 43.0 Å². The van der Waals surface area contributed by atoms with Crippen LogP contribution in [-0.2, 0) is 10.2 Å². The summed E-state index contributed by atoms with van der Waals surface area (Å²) in [5.74, 6) is 0.300. The first-order valence-corrected chi connectivity index (χ1v) is 4.52. The third-order valence-corrected chi connectivity index (χ3v) is 2.88. The van der Waals surface area contributed by atoms with E-state index in [0.717, 1.165) is 12.0 Å². The predicted octanol–water partition coefficient (Wildman–Crippen LogP) is 2.47. The molecular formula is C12H12O. The summed E-state index contributed by atoms with van der Waals surface area (Å²) in [6.45, 7) is 3.76. The molecule has 1 heteroatoms. The van der Waals surface area contributed by atoms with E-state index in [4.69, 9.17) is 0 Å². The molecule has 1 saturated carbocycles. The standard InChI is InChI=1S/C12H12O/c1-2-12(9-8-11(12)13)10-6-4-3-5-7-10/h2-7H,1,8-9H2/t12-/m0/s1. The number of hydrogen-bond acceptors (Lipinski definition) is 1. The second-order valence-corrected chi connectivity index (χ2v) is 3.46. The maximum absolute atomic E-state index is 11.5. The number of benzene rings is 1. The van der Waals surface area contributed by atoms with E-state index >= 15 is 0 Å². The normalized spacial score (nSPS) is 26.6. The number of carbonyl (C=O) groups excluding carboxylic acids is 1. The number of carbonyl (C=O) groups is 1. The lowest BCUT2D eigenvalue weighted by Gasteiger charge is -2.37. The molecule has 0 amide bonds. The molecule has 1 nitrogen and oxygen atoms in total. The lowest BCUT2D eigenvalue weighted by Crippen LogP contribution is -2.42. The molecule has 0 unspecified atom stereocenters. The Balaban J connectivity index is 2.44. The number of hydrogen-bond donors (Lipinski definition) is 0. The molecule has 0 N–H and O–H groups in total. The predicted molar refractivity (Wildman–Crippen MR) is 52.6 cm³/mol. The van der Waals surface area contributed by atoms with Gasteiger partial charge in [0.25, 0.3) is 0 Å². The molecule has 0 heterocycles. The van der Waals surface area contributed by atoms with Crippen LogP contribution in [0.3, 0.4) is 0 Å². The maximum Gasteiger partial charge on any atom is 0.147 e. The van der Waals surface area contributed by atoms with Gasteiger partial charge in [-0.2, -0.15) is 0 Å². The highest BCUT2D eigenvalue weighted by Crippen LogP contribution is 2.41. The van der Waals surface area contributed by atoms with Gasteiger partial charge >= 0.3 is 0 Å². The van der Waals surface area contributed by atoms with E-state index < -0.39 is 0 Å². The van der Waals surface area contributed by atoms with Crippen molar-refractivity contribution in [3.63, 3.8) is 0 Å². The van der Waals surface area contributed by atoms with E-state index in [2.05, 4.69) is 6.58 Å². The second kappa shape index (κ2) is 2.84. The Kier molecular flexibility index (Phi) is 1.80. The molecule has 0 aliphatic heterocycles. The zero-order chi connectivity index (χ0) is 9.31. The summed E-state index contributed by atoms with van der Waals surface area (Å²) in [6, 6.07) is 9.89. The molecule has 1 fully saturated rings. The van der Waals surface area contributed by atoms with Crippen LogP contribution in [-0.4, -0.2) is 5.78 Å². The van der Waals surface area contributed by atoms with Crippen molar-refractivity contribution in [3.8, 4) is 0 Å². The van der Waals surface area contributed by atoms with Gasteiger partial charge in [-0.1, -0.05) is 36.4 Å². The molecule has 0 aromatic heterocycles. The minimum Gasteiger partial charge on any atom is -0.298 e. The van der Waals surface area contributed by atoms with Crippen LogP contribution in [0.1, 0.15) is 18.4 Å². The Labute approximate surface area is 78.1 Å². The summed E-state index contributed by atoms with van der Waals surface area (Å²) in [4.78, 5) is 11.5. The van der Waals surface area contributed by atoms with Gasteiger partial charge in [0.15, 0.2) is 0 Å². The zero-order valence-electron chi connectivity index (χ0n) is 7.49. The lowest BCUT2D eigenvalue weighted by molar-refractivity contribution is -0.129. The highest BCUT2D eigenvalue weighted by Gasteiger charge is 2.44. The monoisotopic (exact) mass is 172 g/mol. The van der Waals surface area contributed by atoms with Crippen LogP contribution in [0.25, 0.3) is 0 Å². The van der Waals surface area contributed by atoms with E-state index in [1.54, 1.807) is 6.08 Å². The highest BCUT2D eigenvalue weighted by molar-refractivity contribution is 5.97. The van der Waals surface area contributed by atoms with Crippen molar-refractivity contribution >= 4 is 5.78 Å². The molecule has 1 aromatic rings. The van der Waals surface area contributed by atoms with Gasteiger partial charge in [-0.25, -0.2) is 0 Å². The third kappa shape index (κ3) is 1.04. The van der Waals surface area contributed by atoms with Crippen LogP contribution in [0.4, 0.5) is 0 Å². The van der Waals surface area contributed by atoms with Crippen LogP contribution in [0.5, 0.6) is 0 Å². The average Bonchev–Trinajstić information content (AvgIpc) is 2.19. The Hall–Kier alpha value is -1.37. The molecule has 1 aromatic carbocycles. The van der Waals surface area contributed by atoms with Crippen molar-refractivity contribution < 1.29 is 4.79 Å². The summed E-state index contributed by atoms with van der Waals surface area (Å²) in [5, 5.41) is 0. The number of allylic oxidation sites excluding steroid dienone is 1. The molecule has 0 bridgehead atoms. The summed E-state index contributed by atoms with van der Waals surface area (Å²) >= 11 is 0. The van der Waals surface area contributed by atoms with Crippen molar-refractivity contribution in [2.45, 2.75) is 18.3 Å². The van der Waals surface area contributed by atoms with Gasteiger partial charge in [0.1, 0.15) is 5.78 Å². The van der Waals surface area contributed by atoms with Gasteiger partial charge in [-0.15, -0.1) is 6.58 Å². The first kappa shape index (κ1) is 8.24. The number of Topliss-reactive ketones (excluding diaryl/α,β-unsaturated/α-hetero) is 1. The summed E-state index contributed by atoms with van der Waals surface area (Å²) in [6.07, 6.45) is 3.40. The van der Waals surface area contributed by atoms with Crippen molar-refractivity contribution in [3.05, 3.63) is 48.6 Å². The van der Waals surface area contributed by atoms with Crippen molar-refractivity contribution in [2.75, 3.05) is 0 Å². The molecule has 1 aliphatic rings. The van der Waals surface area contributed by atoms with Gasteiger partial charge in [0.05, 0.1) is 5.41 Å². The second-order valence-electron chi connectivity index (χ2n) is 3.46. The molecule has 1 atom stereocenters. The largest absolute Gasteiger partial charge is 0.298 e. The van der Waals surface area contributed by atoms with Gasteiger partial charge in [0.2, 0.25) is 0 Å². The van der Waals surface area contributed by atoms with Crippen molar-refractivity contribution in [1.29, 1.82) is 0 Å². The highest BCUT2D eigenvalue weighted by atomic mass is 16.1. The quantitative estimate of drug-likeness (QED) is 0.626. The molecule has 1 aliphatic carbocycles. The number of ketones is 1. The van der Waals surface area contributed by atoms with Gasteiger partial charge in [-0.3, -0.25) is 4.79 Å². The lowest BCUT2D eigenvalue weighted by atomic mass is 9.63. The van der Waals surface area contributed by atoms with Crippen LogP contribution >= 0.6 is 0 Å². The smallest absolute Gasteiger partial charge is 0.147 e. The van der Waals surface area contributed by atoms with Gasteiger partial charge in [0, 0.05) is 6.42 Å². The van der Waals surface area contributed by atoms with Crippen LogP contribution in [0, 0.1) is 0 Å². The van der Waals surface area contributed by atoms with Crippen molar-refractivity contribution in [2.24, 2.45) is 0 Å². The minimum absolute atomic E-state index is 0.300. The topological polar surface area (TPSA) is 17.1 Å². The summed E-state index contributed by atoms with van der Waals surface area (Å²) in [5.41, 5.74) is 0.725. The average molecular weight is 172 g/mol. The molecule has 0 radical (unpaired) electrons. The van der Waals surface area contributed by atoms with E-state index in [1.807, 2.05) is 30.3 Å². The Morgan fingerprint density at radius 2 is 2.00 bits per heavy atom. The third-order valence-electron chi connectivity index (χ3n) is 2.88. The van der Waals surface area contributed by atoms with E-state index in [9.17, 15) is 4.79 Å². The van der Waals surface area contributed by atoms with Gasteiger partial charge < -0.3 is 0 Å². The Bertz CT molecular complexity index is 339.